The second-order valence-corrected chi connectivity index (χ2v) is 6.10. The van der Waals surface area contributed by atoms with Crippen LogP contribution in [-0.4, -0.2) is 23.4 Å². The summed E-state index contributed by atoms with van der Waals surface area (Å²) in [5.74, 6) is 0.109. The van der Waals surface area contributed by atoms with E-state index in [1.54, 1.807) is 0 Å². The lowest BCUT2D eigenvalue weighted by atomic mass is 9.79. The van der Waals surface area contributed by atoms with Crippen LogP contribution in [0.4, 0.5) is 0 Å². The van der Waals surface area contributed by atoms with Gasteiger partial charge in [0.25, 0.3) is 0 Å². The number of carbonyl (C=O) groups is 1. The molecule has 1 saturated heterocycles. The number of likely N-dealkylation sites (tertiary alicyclic amines) is 1. The largest absolute Gasteiger partial charge is 0.338 e. The van der Waals surface area contributed by atoms with E-state index in [4.69, 9.17) is 0 Å². The summed E-state index contributed by atoms with van der Waals surface area (Å²) in [5, 5.41) is 9.67. The molecule has 1 heterocycles. The smallest absolute Gasteiger partial charge is 0.243 e. The molecule has 20 heavy (non-hydrogen) atoms. The lowest BCUT2D eigenvalue weighted by molar-refractivity contribution is -0.142. The normalized spacial score (nSPS) is 20.3. The number of hydrogen-bond acceptors (Lipinski definition) is 2. The Hall–Kier alpha value is -1.04. The Bertz CT molecular complexity index is 339. The number of amides is 1. The molecule has 0 aliphatic carbocycles. The maximum Gasteiger partial charge on any atom is 0.243 e. The van der Waals surface area contributed by atoms with Crippen molar-refractivity contribution in [2.45, 2.75) is 84.6 Å². The summed E-state index contributed by atoms with van der Waals surface area (Å²) in [4.78, 5) is 15.1. The fraction of sp³-hybridized carbons (Fsp3) is 0.882. The van der Waals surface area contributed by atoms with Crippen LogP contribution in [0.2, 0.25) is 0 Å². The van der Waals surface area contributed by atoms with E-state index in [0.29, 0.717) is 18.9 Å². The molecular weight excluding hydrogens is 248 g/mol. The Morgan fingerprint density at radius 1 is 1.20 bits per heavy atom. The fourth-order valence-electron chi connectivity index (χ4n) is 3.50. The molecule has 1 atom stereocenters. The van der Waals surface area contributed by atoms with Crippen LogP contribution in [0.25, 0.3) is 0 Å². The monoisotopic (exact) mass is 278 g/mol. The van der Waals surface area contributed by atoms with Crippen molar-refractivity contribution >= 4 is 5.91 Å². The zero-order valence-corrected chi connectivity index (χ0v) is 13.5. The third-order valence-electron chi connectivity index (χ3n) is 4.59. The number of rotatable bonds is 6. The van der Waals surface area contributed by atoms with Crippen molar-refractivity contribution < 1.29 is 4.79 Å². The molecule has 1 rings (SSSR count). The molecule has 0 aromatic carbocycles. The molecule has 0 bridgehead atoms. The molecule has 0 N–H and O–H groups in total. The third-order valence-corrected chi connectivity index (χ3v) is 4.59. The standard InChI is InChI=1S/C17H30N2O/c1-4-11-17(14-18,12-5-2)16(20)19-13-9-7-8-10-15(19)6-3/h15H,4-13H2,1-3H3. The predicted molar refractivity (Wildman–Crippen MR) is 82.1 cm³/mol. The molecule has 3 heteroatoms. The Morgan fingerprint density at radius 3 is 2.35 bits per heavy atom. The van der Waals surface area contributed by atoms with Crippen LogP contribution >= 0.6 is 0 Å². The van der Waals surface area contributed by atoms with Gasteiger partial charge in [0.2, 0.25) is 5.91 Å². The highest BCUT2D eigenvalue weighted by Crippen LogP contribution is 2.34. The van der Waals surface area contributed by atoms with E-state index in [9.17, 15) is 10.1 Å². The Balaban J connectivity index is 2.99. The average molecular weight is 278 g/mol. The first-order valence-corrected chi connectivity index (χ1v) is 8.37. The van der Waals surface area contributed by atoms with E-state index in [0.717, 1.165) is 38.6 Å². The van der Waals surface area contributed by atoms with Crippen LogP contribution < -0.4 is 0 Å². The van der Waals surface area contributed by atoms with E-state index < -0.39 is 5.41 Å². The van der Waals surface area contributed by atoms with Crippen LogP contribution in [0.15, 0.2) is 0 Å². The van der Waals surface area contributed by atoms with E-state index >= 15 is 0 Å². The van der Waals surface area contributed by atoms with Gasteiger partial charge in [0.15, 0.2) is 0 Å². The summed E-state index contributed by atoms with van der Waals surface area (Å²) >= 11 is 0. The van der Waals surface area contributed by atoms with E-state index in [1.807, 2.05) is 4.90 Å². The molecule has 0 saturated carbocycles. The highest BCUT2D eigenvalue weighted by molar-refractivity contribution is 5.85. The first-order valence-electron chi connectivity index (χ1n) is 8.37. The van der Waals surface area contributed by atoms with Crippen molar-refractivity contribution in [2.24, 2.45) is 5.41 Å². The Kier molecular flexibility index (Phi) is 7.05. The summed E-state index contributed by atoms with van der Waals surface area (Å²) in [6, 6.07) is 2.73. The highest BCUT2D eigenvalue weighted by atomic mass is 16.2. The van der Waals surface area contributed by atoms with Crippen LogP contribution in [0.1, 0.15) is 78.6 Å². The molecule has 1 unspecified atom stereocenters. The van der Waals surface area contributed by atoms with Crippen LogP contribution in [-0.2, 0) is 4.79 Å². The molecule has 1 fully saturated rings. The Labute approximate surface area is 124 Å². The molecule has 0 aromatic heterocycles. The topological polar surface area (TPSA) is 44.1 Å². The summed E-state index contributed by atoms with van der Waals surface area (Å²) in [6.45, 7) is 7.13. The summed E-state index contributed by atoms with van der Waals surface area (Å²) in [5.41, 5.74) is -0.777. The SMILES string of the molecule is CCCC(C#N)(CCC)C(=O)N1CCCCCC1CC. The maximum absolute atomic E-state index is 13.1. The van der Waals surface area contributed by atoms with Gasteiger partial charge in [-0.25, -0.2) is 0 Å². The minimum absolute atomic E-state index is 0.109. The van der Waals surface area contributed by atoms with Gasteiger partial charge in [-0.3, -0.25) is 4.79 Å². The number of nitriles is 1. The summed E-state index contributed by atoms with van der Waals surface area (Å²) < 4.78 is 0. The van der Waals surface area contributed by atoms with E-state index in [-0.39, 0.29) is 5.91 Å². The number of nitrogens with zero attached hydrogens (tertiary/aromatic N) is 2. The minimum Gasteiger partial charge on any atom is -0.338 e. The highest BCUT2D eigenvalue weighted by Gasteiger charge is 2.41. The molecule has 1 aliphatic heterocycles. The van der Waals surface area contributed by atoms with Gasteiger partial charge in [-0.05, 0) is 32.1 Å². The molecule has 1 amide bonds. The van der Waals surface area contributed by atoms with Crippen molar-refractivity contribution in [3.05, 3.63) is 0 Å². The first-order chi connectivity index (χ1) is 9.65. The zero-order valence-electron chi connectivity index (χ0n) is 13.5. The van der Waals surface area contributed by atoms with Crippen molar-refractivity contribution in [1.29, 1.82) is 5.26 Å². The fourth-order valence-corrected chi connectivity index (χ4v) is 3.50. The molecule has 0 aromatic rings. The van der Waals surface area contributed by atoms with E-state index in [1.165, 1.54) is 12.8 Å². The van der Waals surface area contributed by atoms with Crippen molar-refractivity contribution in [3.8, 4) is 6.07 Å². The maximum atomic E-state index is 13.1. The second-order valence-electron chi connectivity index (χ2n) is 6.10. The third kappa shape index (κ3) is 3.75. The predicted octanol–water partition coefficient (Wildman–Crippen LogP) is 4.28. The van der Waals surface area contributed by atoms with Gasteiger partial charge in [0, 0.05) is 12.6 Å². The summed E-state index contributed by atoms with van der Waals surface area (Å²) in [6.07, 6.45) is 8.79. The average Bonchev–Trinajstić information content (AvgIpc) is 2.71. The van der Waals surface area contributed by atoms with Gasteiger partial charge < -0.3 is 4.90 Å². The molecule has 0 spiro atoms. The van der Waals surface area contributed by atoms with Crippen molar-refractivity contribution in [3.63, 3.8) is 0 Å². The second kappa shape index (κ2) is 8.29. The Morgan fingerprint density at radius 2 is 1.85 bits per heavy atom. The van der Waals surface area contributed by atoms with Gasteiger partial charge in [0.05, 0.1) is 6.07 Å². The van der Waals surface area contributed by atoms with Gasteiger partial charge >= 0.3 is 0 Å². The van der Waals surface area contributed by atoms with E-state index in [2.05, 4.69) is 26.8 Å². The lowest BCUT2D eigenvalue weighted by Crippen LogP contribution is -2.48. The van der Waals surface area contributed by atoms with Gasteiger partial charge in [-0.1, -0.05) is 46.5 Å². The van der Waals surface area contributed by atoms with Gasteiger partial charge in [-0.2, -0.15) is 5.26 Å². The van der Waals surface area contributed by atoms with Crippen LogP contribution in [0.3, 0.4) is 0 Å². The van der Waals surface area contributed by atoms with Gasteiger partial charge in [0.1, 0.15) is 5.41 Å². The molecule has 3 nitrogen and oxygen atoms in total. The van der Waals surface area contributed by atoms with Crippen molar-refractivity contribution in [1.82, 2.24) is 4.90 Å². The molecule has 114 valence electrons. The van der Waals surface area contributed by atoms with Crippen molar-refractivity contribution in [2.75, 3.05) is 6.54 Å². The number of hydrogen-bond donors (Lipinski definition) is 0. The molecule has 1 aliphatic rings. The molecular formula is C17H30N2O. The lowest BCUT2D eigenvalue weighted by Gasteiger charge is -2.36. The minimum atomic E-state index is -0.777. The zero-order chi connectivity index (χ0) is 15.0. The quantitative estimate of drug-likeness (QED) is 0.728. The first kappa shape index (κ1) is 17.0. The number of carbonyl (C=O) groups excluding carboxylic acids is 1. The molecule has 0 radical (unpaired) electrons. The van der Waals surface area contributed by atoms with Crippen LogP contribution in [0, 0.1) is 16.7 Å². The van der Waals surface area contributed by atoms with Gasteiger partial charge in [-0.15, -0.1) is 0 Å². The summed E-state index contributed by atoms with van der Waals surface area (Å²) in [7, 11) is 0. The van der Waals surface area contributed by atoms with Crippen LogP contribution in [0.5, 0.6) is 0 Å².